The minimum absolute atomic E-state index is 0.0400. The predicted molar refractivity (Wildman–Crippen MR) is 48.8 cm³/mol. The van der Waals surface area contributed by atoms with E-state index >= 15 is 0 Å². The summed E-state index contributed by atoms with van der Waals surface area (Å²) in [7, 11) is 1.37. The Hall–Kier alpha value is -1.24. The average Bonchev–Trinajstić information content (AvgIpc) is 2.60. The van der Waals surface area contributed by atoms with Crippen molar-refractivity contribution >= 4 is 18.3 Å². The lowest BCUT2D eigenvalue weighted by atomic mass is 10.4. The number of hydrogen-bond donors (Lipinski definition) is 0. The molecule has 0 aliphatic rings. The van der Waals surface area contributed by atoms with Crippen molar-refractivity contribution in [3.63, 3.8) is 0 Å². The van der Waals surface area contributed by atoms with Gasteiger partial charge in [-0.05, 0) is 6.92 Å². The number of halogens is 1. The van der Waals surface area contributed by atoms with Crippen LogP contribution >= 0.6 is 12.3 Å². The van der Waals surface area contributed by atoms with Crippen molar-refractivity contribution in [2.75, 3.05) is 13.7 Å². The summed E-state index contributed by atoms with van der Waals surface area (Å²) >= 11 is -0.189. The SMILES string of the molecule is CCOC(=O)c1c(OC)cnn1SF. The van der Waals surface area contributed by atoms with Crippen molar-refractivity contribution in [2.24, 2.45) is 0 Å². The van der Waals surface area contributed by atoms with Crippen LogP contribution in [0.5, 0.6) is 5.75 Å². The number of hydrogen-bond acceptors (Lipinski definition) is 5. The van der Waals surface area contributed by atoms with Crippen LogP contribution in [-0.4, -0.2) is 28.9 Å². The summed E-state index contributed by atoms with van der Waals surface area (Å²) in [6.07, 6.45) is 1.25. The number of rotatable bonds is 4. The molecule has 0 spiro atoms. The van der Waals surface area contributed by atoms with Crippen molar-refractivity contribution in [3.8, 4) is 5.75 Å². The van der Waals surface area contributed by atoms with Crippen LogP contribution in [0.4, 0.5) is 3.89 Å². The van der Waals surface area contributed by atoms with E-state index in [4.69, 9.17) is 9.47 Å². The third-order valence-corrected chi connectivity index (χ3v) is 1.87. The Labute approximate surface area is 84.6 Å². The predicted octanol–water partition coefficient (Wildman–Crippen LogP) is 1.45. The number of esters is 1. The zero-order valence-corrected chi connectivity index (χ0v) is 8.51. The number of aromatic nitrogens is 2. The largest absolute Gasteiger partial charge is 0.492 e. The first-order chi connectivity index (χ1) is 6.74. The molecule has 0 N–H and O–H groups in total. The highest BCUT2D eigenvalue weighted by atomic mass is 32.2. The number of carbonyl (C=O) groups is 1. The summed E-state index contributed by atoms with van der Waals surface area (Å²) < 4.78 is 22.6. The van der Waals surface area contributed by atoms with E-state index in [2.05, 4.69) is 5.10 Å². The maximum atomic E-state index is 12.3. The van der Waals surface area contributed by atoms with Crippen LogP contribution < -0.4 is 4.74 Å². The average molecular weight is 220 g/mol. The second-order valence-corrected chi connectivity index (χ2v) is 2.71. The number of nitrogens with zero attached hydrogens (tertiary/aromatic N) is 2. The smallest absolute Gasteiger partial charge is 0.361 e. The van der Waals surface area contributed by atoms with Crippen molar-refractivity contribution in [1.29, 1.82) is 0 Å². The molecule has 5 nitrogen and oxygen atoms in total. The zero-order chi connectivity index (χ0) is 10.6. The van der Waals surface area contributed by atoms with Crippen LogP contribution in [0, 0.1) is 0 Å². The molecule has 1 aromatic heterocycles. The van der Waals surface area contributed by atoms with Gasteiger partial charge in [-0.1, -0.05) is 0 Å². The minimum atomic E-state index is -0.660. The van der Waals surface area contributed by atoms with E-state index in [1.165, 1.54) is 13.3 Å². The van der Waals surface area contributed by atoms with Gasteiger partial charge in [0.15, 0.2) is 18.1 Å². The second kappa shape index (κ2) is 4.85. The van der Waals surface area contributed by atoms with Crippen LogP contribution in [-0.2, 0) is 4.74 Å². The Bertz CT molecular complexity index is 307. The second-order valence-electron chi connectivity index (χ2n) is 2.22. The monoisotopic (exact) mass is 220 g/mol. The summed E-state index contributed by atoms with van der Waals surface area (Å²) in [6.45, 7) is 1.87. The normalized spacial score (nSPS) is 9.93. The van der Waals surface area contributed by atoms with Gasteiger partial charge in [0, 0.05) is 0 Å². The van der Waals surface area contributed by atoms with Gasteiger partial charge in [-0.25, -0.2) is 4.79 Å². The van der Waals surface area contributed by atoms with Gasteiger partial charge in [-0.2, -0.15) is 9.19 Å². The van der Waals surface area contributed by atoms with E-state index in [0.717, 1.165) is 4.09 Å². The molecule has 0 bridgehead atoms. The van der Waals surface area contributed by atoms with Gasteiger partial charge in [0.25, 0.3) is 0 Å². The third-order valence-electron chi connectivity index (χ3n) is 1.46. The molecule has 0 unspecified atom stereocenters. The molecule has 1 rings (SSSR count). The molecular formula is C7H9FN2O3S. The Morgan fingerprint density at radius 2 is 2.50 bits per heavy atom. The molecule has 0 amide bonds. The Kier molecular flexibility index (Phi) is 3.75. The molecule has 0 aromatic carbocycles. The number of carbonyl (C=O) groups excluding carboxylic acids is 1. The number of ether oxygens (including phenoxy) is 2. The first-order valence-electron chi connectivity index (χ1n) is 3.82. The first kappa shape index (κ1) is 10.8. The Morgan fingerprint density at radius 1 is 1.79 bits per heavy atom. The number of methoxy groups -OCH3 is 1. The van der Waals surface area contributed by atoms with E-state index in [1.54, 1.807) is 6.92 Å². The summed E-state index contributed by atoms with van der Waals surface area (Å²) in [5.74, 6) is -0.472. The van der Waals surface area contributed by atoms with E-state index < -0.39 is 5.97 Å². The van der Waals surface area contributed by atoms with E-state index in [-0.39, 0.29) is 30.4 Å². The first-order valence-corrected chi connectivity index (χ1v) is 4.50. The Morgan fingerprint density at radius 3 is 3.00 bits per heavy atom. The van der Waals surface area contributed by atoms with Crippen molar-refractivity contribution < 1.29 is 18.2 Å². The molecule has 78 valence electrons. The summed E-state index contributed by atoms with van der Waals surface area (Å²) in [5.41, 5.74) is -0.0400. The van der Waals surface area contributed by atoms with Gasteiger partial charge >= 0.3 is 5.97 Å². The fourth-order valence-electron chi connectivity index (χ4n) is 0.898. The molecule has 0 radical (unpaired) electrons. The van der Waals surface area contributed by atoms with Crippen molar-refractivity contribution in [1.82, 2.24) is 9.19 Å². The van der Waals surface area contributed by atoms with Crippen LogP contribution in [0.25, 0.3) is 0 Å². The molecule has 0 aliphatic carbocycles. The van der Waals surface area contributed by atoms with Gasteiger partial charge in [0.2, 0.25) is 5.69 Å². The third kappa shape index (κ3) is 1.98. The summed E-state index contributed by atoms with van der Waals surface area (Å²) in [6, 6.07) is 0. The van der Waals surface area contributed by atoms with Crippen LogP contribution in [0.1, 0.15) is 17.4 Å². The van der Waals surface area contributed by atoms with Crippen LogP contribution in [0.2, 0.25) is 0 Å². The molecular weight excluding hydrogens is 211 g/mol. The fraction of sp³-hybridized carbons (Fsp3) is 0.429. The molecule has 1 heterocycles. The van der Waals surface area contributed by atoms with Gasteiger partial charge in [-0.15, -0.1) is 3.89 Å². The molecule has 0 aliphatic heterocycles. The zero-order valence-electron chi connectivity index (χ0n) is 7.69. The lowest BCUT2D eigenvalue weighted by Crippen LogP contribution is -2.10. The van der Waals surface area contributed by atoms with Crippen LogP contribution in [0.15, 0.2) is 6.20 Å². The lowest BCUT2D eigenvalue weighted by molar-refractivity contribution is 0.0514. The fourth-order valence-corrected chi connectivity index (χ4v) is 1.21. The topological polar surface area (TPSA) is 53.4 Å². The maximum Gasteiger partial charge on any atom is 0.361 e. The minimum Gasteiger partial charge on any atom is -0.492 e. The molecule has 7 heteroatoms. The summed E-state index contributed by atoms with van der Waals surface area (Å²) in [5, 5.41) is 3.59. The molecule has 1 aromatic rings. The highest BCUT2D eigenvalue weighted by molar-refractivity contribution is 7.92. The van der Waals surface area contributed by atoms with Gasteiger partial charge in [0.1, 0.15) is 0 Å². The van der Waals surface area contributed by atoms with Crippen molar-refractivity contribution in [3.05, 3.63) is 11.9 Å². The van der Waals surface area contributed by atoms with Crippen molar-refractivity contribution in [2.45, 2.75) is 6.92 Å². The standard InChI is InChI=1S/C7H9FN2O3S/c1-3-13-7(11)6-5(12-2)4-9-10(6)14-8/h4H,3H2,1-2H3. The van der Waals surface area contributed by atoms with Gasteiger partial charge < -0.3 is 9.47 Å². The molecule has 0 atom stereocenters. The quantitative estimate of drug-likeness (QED) is 0.719. The van der Waals surface area contributed by atoms with Gasteiger partial charge in [-0.3, -0.25) is 0 Å². The van der Waals surface area contributed by atoms with E-state index in [9.17, 15) is 8.68 Å². The highest BCUT2D eigenvalue weighted by Crippen LogP contribution is 2.22. The molecule has 0 saturated carbocycles. The molecule has 0 fully saturated rings. The highest BCUT2D eigenvalue weighted by Gasteiger charge is 2.21. The van der Waals surface area contributed by atoms with Gasteiger partial charge in [0.05, 0.1) is 19.9 Å². The molecule has 0 saturated heterocycles. The van der Waals surface area contributed by atoms with E-state index in [1.807, 2.05) is 0 Å². The lowest BCUT2D eigenvalue weighted by Gasteiger charge is -2.03. The van der Waals surface area contributed by atoms with Crippen LogP contribution in [0.3, 0.4) is 0 Å². The molecule has 14 heavy (non-hydrogen) atoms. The maximum absolute atomic E-state index is 12.3. The Balaban J connectivity index is 3.01. The summed E-state index contributed by atoms with van der Waals surface area (Å²) in [4.78, 5) is 11.3. The van der Waals surface area contributed by atoms with E-state index in [0.29, 0.717) is 0 Å².